The van der Waals surface area contributed by atoms with Gasteiger partial charge in [0, 0.05) is 24.7 Å². The highest BCUT2D eigenvalue weighted by atomic mass is 16.4. The molecule has 2 rings (SSSR count). The third kappa shape index (κ3) is 2.81. The predicted molar refractivity (Wildman–Crippen MR) is 86.0 cm³/mol. The molecule has 21 heavy (non-hydrogen) atoms. The molecule has 1 aromatic carbocycles. The SMILES string of the molecule is CCCCc1cn(CCN)c2c(C)cc(C(=O)O)c(C)c12. The zero-order valence-electron chi connectivity index (χ0n) is 13.1. The van der Waals surface area contributed by atoms with Crippen molar-refractivity contribution in [3.63, 3.8) is 0 Å². The van der Waals surface area contributed by atoms with Gasteiger partial charge in [-0.3, -0.25) is 0 Å². The molecule has 3 N–H and O–H groups in total. The van der Waals surface area contributed by atoms with Crippen LogP contribution < -0.4 is 5.73 Å². The number of hydrogen-bond donors (Lipinski definition) is 2. The summed E-state index contributed by atoms with van der Waals surface area (Å²) in [6, 6.07) is 1.77. The molecule has 0 amide bonds. The van der Waals surface area contributed by atoms with Gasteiger partial charge in [0.1, 0.15) is 0 Å². The van der Waals surface area contributed by atoms with Gasteiger partial charge >= 0.3 is 5.97 Å². The molecule has 1 heterocycles. The second kappa shape index (κ2) is 6.31. The average Bonchev–Trinajstić information content (AvgIpc) is 2.80. The summed E-state index contributed by atoms with van der Waals surface area (Å²) in [6.07, 6.45) is 5.37. The van der Waals surface area contributed by atoms with Gasteiger partial charge in [-0.15, -0.1) is 0 Å². The normalized spacial score (nSPS) is 11.2. The first kappa shape index (κ1) is 15.6. The molecule has 0 aliphatic carbocycles. The van der Waals surface area contributed by atoms with E-state index in [2.05, 4.69) is 17.7 Å². The number of carboxylic acids is 1. The number of carboxylic acid groups (broad SMARTS) is 1. The summed E-state index contributed by atoms with van der Waals surface area (Å²) in [4.78, 5) is 11.4. The summed E-state index contributed by atoms with van der Waals surface area (Å²) in [5.41, 5.74) is 10.4. The Morgan fingerprint density at radius 3 is 2.67 bits per heavy atom. The van der Waals surface area contributed by atoms with Crippen LogP contribution in [0.25, 0.3) is 10.9 Å². The van der Waals surface area contributed by atoms with Crippen molar-refractivity contribution in [2.75, 3.05) is 6.54 Å². The smallest absolute Gasteiger partial charge is 0.335 e. The summed E-state index contributed by atoms with van der Waals surface area (Å²) < 4.78 is 2.17. The first-order valence-corrected chi connectivity index (χ1v) is 7.56. The number of unbranched alkanes of at least 4 members (excludes halogenated alkanes) is 1. The molecule has 1 aromatic heterocycles. The Balaban J connectivity index is 2.74. The lowest BCUT2D eigenvalue weighted by Gasteiger charge is -2.10. The average molecular weight is 288 g/mol. The highest BCUT2D eigenvalue weighted by molar-refractivity contribution is 5.99. The maximum atomic E-state index is 11.4. The lowest BCUT2D eigenvalue weighted by Crippen LogP contribution is -2.09. The van der Waals surface area contributed by atoms with Crippen LogP contribution in [0.4, 0.5) is 0 Å². The van der Waals surface area contributed by atoms with E-state index in [1.54, 1.807) is 6.07 Å². The first-order chi connectivity index (χ1) is 10.0. The van der Waals surface area contributed by atoms with E-state index < -0.39 is 5.97 Å². The van der Waals surface area contributed by atoms with Gasteiger partial charge in [-0.2, -0.15) is 0 Å². The van der Waals surface area contributed by atoms with Gasteiger partial charge in [-0.05, 0) is 49.4 Å². The standard InChI is InChI=1S/C17H24N2O2/c1-4-5-6-13-10-19(8-7-18)16-11(2)9-14(17(20)21)12(3)15(13)16/h9-10H,4-8,18H2,1-3H3,(H,20,21). The van der Waals surface area contributed by atoms with Crippen LogP contribution in [0, 0.1) is 13.8 Å². The van der Waals surface area contributed by atoms with Crippen molar-refractivity contribution >= 4 is 16.9 Å². The molecule has 0 saturated carbocycles. The molecule has 2 aromatic rings. The van der Waals surface area contributed by atoms with E-state index in [9.17, 15) is 9.90 Å². The number of nitrogens with two attached hydrogens (primary N) is 1. The molecule has 0 radical (unpaired) electrons. The van der Waals surface area contributed by atoms with Crippen molar-refractivity contribution in [1.29, 1.82) is 0 Å². The molecule has 0 aliphatic rings. The van der Waals surface area contributed by atoms with E-state index in [1.165, 1.54) is 5.56 Å². The van der Waals surface area contributed by atoms with Crippen molar-refractivity contribution in [1.82, 2.24) is 4.57 Å². The molecule has 0 saturated heterocycles. The first-order valence-electron chi connectivity index (χ1n) is 7.56. The van der Waals surface area contributed by atoms with E-state index in [1.807, 2.05) is 13.8 Å². The van der Waals surface area contributed by atoms with Gasteiger partial charge in [0.05, 0.1) is 11.1 Å². The van der Waals surface area contributed by atoms with Crippen molar-refractivity contribution in [3.05, 3.63) is 34.5 Å². The largest absolute Gasteiger partial charge is 0.478 e. The van der Waals surface area contributed by atoms with Crippen LogP contribution in [0.5, 0.6) is 0 Å². The lowest BCUT2D eigenvalue weighted by atomic mass is 9.96. The van der Waals surface area contributed by atoms with Gasteiger partial charge < -0.3 is 15.4 Å². The van der Waals surface area contributed by atoms with E-state index in [0.29, 0.717) is 12.1 Å². The van der Waals surface area contributed by atoms with Crippen molar-refractivity contribution < 1.29 is 9.90 Å². The minimum absolute atomic E-state index is 0.406. The van der Waals surface area contributed by atoms with Gasteiger partial charge in [0.2, 0.25) is 0 Å². The molecular formula is C17H24N2O2. The molecule has 0 aliphatic heterocycles. The molecule has 0 bridgehead atoms. The summed E-state index contributed by atoms with van der Waals surface area (Å²) in [7, 11) is 0. The topological polar surface area (TPSA) is 68.2 Å². The number of rotatable bonds is 6. The van der Waals surface area contributed by atoms with Crippen LogP contribution in [0.15, 0.2) is 12.3 Å². The number of aryl methyl sites for hydroxylation is 3. The highest BCUT2D eigenvalue weighted by Crippen LogP contribution is 2.31. The minimum Gasteiger partial charge on any atom is -0.478 e. The minimum atomic E-state index is -0.856. The van der Waals surface area contributed by atoms with Crippen LogP contribution >= 0.6 is 0 Å². The fourth-order valence-corrected chi connectivity index (χ4v) is 3.08. The number of fused-ring (bicyclic) bond motifs is 1. The molecule has 0 fully saturated rings. The number of benzene rings is 1. The van der Waals surface area contributed by atoms with Crippen molar-refractivity contribution in [2.24, 2.45) is 5.73 Å². The molecule has 4 heteroatoms. The van der Waals surface area contributed by atoms with Gasteiger partial charge in [-0.1, -0.05) is 13.3 Å². The molecule has 4 nitrogen and oxygen atoms in total. The molecule has 0 spiro atoms. The number of aromatic carboxylic acids is 1. The van der Waals surface area contributed by atoms with Crippen LogP contribution in [0.3, 0.4) is 0 Å². The summed E-state index contributed by atoms with van der Waals surface area (Å²) in [6.45, 7) is 7.39. The quantitative estimate of drug-likeness (QED) is 0.857. The summed E-state index contributed by atoms with van der Waals surface area (Å²) in [5.74, 6) is -0.856. The van der Waals surface area contributed by atoms with E-state index in [4.69, 9.17) is 5.73 Å². The summed E-state index contributed by atoms with van der Waals surface area (Å²) >= 11 is 0. The van der Waals surface area contributed by atoms with Crippen molar-refractivity contribution in [2.45, 2.75) is 46.6 Å². The van der Waals surface area contributed by atoms with E-state index >= 15 is 0 Å². The second-order valence-corrected chi connectivity index (χ2v) is 5.63. The van der Waals surface area contributed by atoms with Gasteiger partial charge in [-0.25, -0.2) is 4.79 Å². The number of aromatic nitrogens is 1. The Morgan fingerprint density at radius 2 is 2.10 bits per heavy atom. The van der Waals surface area contributed by atoms with Crippen LogP contribution in [-0.2, 0) is 13.0 Å². The van der Waals surface area contributed by atoms with Gasteiger partial charge in [0.15, 0.2) is 0 Å². The van der Waals surface area contributed by atoms with E-state index in [0.717, 1.165) is 47.8 Å². The van der Waals surface area contributed by atoms with Crippen LogP contribution in [0.2, 0.25) is 0 Å². The summed E-state index contributed by atoms with van der Waals surface area (Å²) in [5, 5.41) is 10.5. The molecular weight excluding hydrogens is 264 g/mol. The van der Waals surface area contributed by atoms with E-state index in [-0.39, 0.29) is 0 Å². The maximum Gasteiger partial charge on any atom is 0.335 e. The molecule has 0 unspecified atom stereocenters. The fourth-order valence-electron chi connectivity index (χ4n) is 3.08. The third-order valence-electron chi connectivity index (χ3n) is 4.07. The van der Waals surface area contributed by atoms with Crippen LogP contribution in [-0.4, -0.2) is 22.2 Å². The Hall–Kier alpha value is -1.81. The Labute approximate surface area is 125 Å². The zero-order valence-corrected chi connectivity index (χ0v) is 13.1. The Bertz CT molecular complexity index is 671. The zero-order chi connectivity index (χ0) is 15.6. The molecule has 114 valence electrons. The maximum absolute atomic E-state index is 11.4. The number of hydrogen-bond acceptors (Lipinski definition) is 2. The third-order valence-corrected chi connectivity index (χ3v) is 4.07. The fraction of sp³-hybridized carbons (Fsp3) is 0.471. The predicted octanol–water partition coefficient (Wildman–Crippen LogP) is 3.26. The number of nitrogens with zero attached hydrogens (tertiary/aromatic N) is 1. The monoisotopic (exact) mass is 288 g/mol. The second-order valence-electron chi connectivity index (χ2n) is 5.63. The Morgan fingerprint density at radius 1 is 1.38 bits per heavy atom. The van der Waals surface area contributed by atoms with Gasteiger partial charge in [0.25, 0.3) is 0 Å². The van der Waals surface area contributed by atoms with Crippen LogP contribution in [0.1, 0.15) is 46.8 Å². The van der Waals surface area contributed by atoms with Crippen molar-refractivity contribution in [3.8, 4) is 0 Å². The number of carbonyl (C=O) groups is 1. The molecule has 0 atom stereocenters. The highest BCUT2D eigenvalue weighted by Gasteiger charge is 2.18. The lowest BCUT2D eigenvalue weighted by molar-refractivity contribution is 0.0696. The Kier molecular flexibility index (Phi) is 4.68.